The van der Waals surface area contributed by atoms with E-state index in [0.29, 0.717) is 19.0 Å². The van der Waals surface area contributed by atoms with Gasteiger partial charge in [0.2, 0.25) is 5.91 Å². The fraction of sp³-hybridized carbons (Fsp3) is 0.385. The van der Waals surface area contributed by atoms with Crippen LogP contribution in [0.4, 0.5) is 0 Å². The molecule has 0 radical (unpaired) electrons. The highest BCUT2D eigenvalue weighted by Crippen LogP contribution is 2.17. The first-order valence-corrected chi connectivity index (χ1v) is 6.55. The number of imidazole rings is 1. The van der Waals surface area contributed by atoms with Gasteiger partial charge in [-0.3, -0.25) is 4.79 Å². The molecule has 102 valence electrons. The third-order valence-electron chi connectivity index (χ3n) is 2.78. The first-order chi connectivity index (χ1) is 9.26. The molecule has 0 fully saturated rings. The standard InChI is InChI=1S/C13H16ClN3O2/c1-19-7-6-15-13(18)9-17-11-5-3-2-4-10(11)16-12(17)8-14/h2-5H,6-9H2,1H3,(H,15,18). The number of nitrogens with one attached hydrogen (secondary N) is 1. The number of nitrogens with zero attached hydrogens (tertiary/aromatic N) is 2. The molecule has 0 saturated heterocycles. The third kappa shape index (κ3) is 3.24. The van der Waals surface area contributed by atoms with Crippen molar-refractivity contribution in [3.05, 3.63) is 30.1 Å². The maximum atomic E-state index is 11.8. The molecule has 5 nitrogen and oxygen atoms in total. The molecule has 0 aliphatic carbocycles. The van der Waals surface area contributed by atoms with Gasteiger partial charge in [-0.05, 0) is 12.1 Å². The van der Waals surface area contributed by atoms with Gasteiger partial charge in [0.05, 0.1) is 23.5 Å². The van der Waals surface area contributed by atoms with Crippen LogP contribution in [0.3, 0.4) is 0 Å². The smallest absolute Gasteiger partial charge is 0.240 e. The van der Waals surface area contributed by atoms with Gasteiger partial charge in [0.15, 0.2) is 0 Å². The van der Waals surface area contributed by atoms with E-state index in [9.17, 15) is 4.79 Å². The first kappa shape index (κ1) is 13.8. The minimum absolute atomic E-state index is 0.0773. The number of hydrogen-bond acceptors (Lipinski definition) is 3. The van der Waals surface area contributed by atoms with E-state index in [4.69, 9.17) is 16.3 Å². The van der Waals surface area contributed by atoms with Crippen LogP contribution in [0.1, 0.15) is 5.82 Å². The number of ether oxygens (including phenoxy) is 1. The van der Waals surface area contributed by atoms with Gasteiger partial charge >= 0.3 is 0 Å². The number of carbonyl (C=O) groups excluding carboxylic acids is 1. The topological polar surface area (TPSA) is 56.1 Å². The van der Waals surface area contributed by atoms with Crippen molar-refractivity contribution >= 4 is 28.5 Å². The number of fused-ring (bicyclic) bond motifs is 1. The van der Waals surface area contributed by atoms with Crippen molar-refractivity contribution in [1.82, 2.24) is 14.9 Å². The van der Waals surface area contributed by atoms with Gasteiger partial charge in [-0.25, -0.2) is 4.98 Å². The predicted molar refractivity (Wildman–Crippen MR) is 74.2 cm³/mol. The average molecular weight is 282 g/mol. The summed E-state index contributed by atoms with van der Waals surface area (Å²) in [4.78, 5) is 16.2. The Kier molecular flexibility index (Phi) is 4.76. The van der Waals surface area contributed by atoms with E-state index in [1.807, 2.05) is 28.8 Å². The van der Waals surface area contributed by atoms with E-state index in [0.717, 1.165) is 11.0 Å². The van der Waals surface area contributed by atoms with Crippen molar-refractivity contribution in [2.75, 3.05) is 20.3 Å². The molecule has 2 aromatic rings. The Morgan fingerprint density at radius 2 is 2.26 bits per heavy atom. The molecule has 1 aromatic carbocycles. The largest absolute Gasteiger partial charge is 0.383 e. The maximum Gasteiger partial charge on any atom is 0.240 e. The Hall–Kier alpha value is -1.59. The Morgan fingerprint density at radius 3 is 3.00 bits per heavy atom. The zero-order valence-electron chi connectivity index (χ0n) is 10.7. The second-order valence-electron chi connectivity index (χ2n) is 4.08. The summed E-state index contributed by atoms with van der Waals surface area (Å²) in [7, 11) is 1.60. The molecule has 0 aliphatic rings. The molecule has 2 rings (SSSR count). The quantitative estimate of drug-likeness (QED) is 0.645. The minimum atomic E-state index is -0.0773. The van der Waals surface area contributed by atoms with Crippen molar-refractivity contribution in [1.29, 1.82) is 0 Å². The molecule has 1 aromatic heterocycles. The monoisotopic (exact) mass is 281 g/mol. The number of methoxy groups -OCH3 is 1. The van der Waals surface area contributed by atoms with Gasteiger partial charge < -0.3 is 14.6 Å². The van der Waals surface area contributed by atoms with Crippen LogP contribution in [0.25, 0.3) is 11.0 Å². The van der Waals surface area contributed by atoms with Gasteiger partial charge in [-0.2, -0.15) is 0 Å². The number of amides is 1. The molecule has 0 spiro atoms. The van der Waals surface area contributed by atoms with Crippen molar-refractivity contribution in [3.63, 3.8) is 0 Å². The molecular weight excluding hydrogens is 266 g/mol. The highest BCUT2D eigenvalue weighted by atomic mass is 35.5. The molecule has 1 N–H and O–H groups in total. The van der Waals surface area contributed by atoms with Crippen LogP contribution in [0.2, 0.25) is 0 Å². The molecule has 0 bridgehead atoms. The van der Waals surface area contributed by atoms with Crippen molar-refractivity contribution in [2.45, 2.75) is 12.4 Å². The molecule has 0 atom stereocenters. The normalized spacial score (nSPS) is 10.8. The van der Waals surface area contributed by atoms with E-state index in [2.05, 4.69) is 10.3 Å². The molecular formula is C13H16ClN3O2. The molecule has 0 unspecified atom stereocenters. The lowest BCUT2D eigenvalue weighted by molar-refractivity contribution is -0.121. The molecule has 1 amide bonds. The summed E-state index contributed by atoms with van der Waals surface area (Å²) in [6.07, 6.45) is 0. The van der Waals surface area contributed by atoms with Crippen molar-refractivity contribution in [3.8, 4) is 0 Å². The molecule has 0 aliphatic heterocycles. The van der Waals surface area contributed by atoms with Crippen LogP contribution >= 0.6 is 11.6 Å². The van der Waals surface area contributed by atoms with Crippen LogP contribution in [0.15, 0.2) is 24.3 Å². The van der Waals surface area contributed by atoms with Crippen molar-refractivity contribution in [2.24, 2.45) is 0 Å². The Balaban J connectivity index is 2.16. The van der Waals surface area contributed by atoms with E-state index in [-0.39, 0.29) is 18.3 Å². The number of carbonyl (C=O) groups is 1. The SMILES string of the molecule is COCCNC(=O)Cn1c(CCl)nc2ccccc21. The third-order valence-corrected chi connectivity index (χ3v) is 3.02. The summed E-state index contributed by atoms with van der Waals surface area (Å²) in [5.74, 6) is 0.899. The van der Waals surface area contributed by atoms with Crippen LogP contribution in [0.5, 0.6) is 0 Å². The number of aromatic nitrogens is 2. The van der Waals surface area contributed by atoms with Crippen LogP contribution in [0, 0.1) is 0 Å². The molecule has 6 heteroatoms. The number of rotatable bonds is 6. The molecule has 19 heavy (non-hydrogen) atoms. The van der Waals surface area contributed by atoms with Gasteiger partial charge in [0.25, 0.3) is 0 Å². The summed E-state index contributed by atoms with van der Waals surface area (Å²) in [6.45, 7) is 1.21. The predicted octanol–water partition coefficient (Wildman–Crippen LogP) is 1.54. The van der Waals surface area contributed by atoms with Crippen LogP contribution < -0.4 is 5.32 Å². The van der Waals surface area contributed by atoms with E-state index < -0.39 is 0 Å². The Bertz CT molecular complexity index is 568. The number of benzene rings is 1. The maximum absolute atomic E-state index is 11.8. The van der Waals surface area contributed by atoms with Crippen molar-refractivity contribution < 1.29 is 9.53 Å². The first-order valence-electron chi connectivity index (χ1n) is 6.02. The van der Waals surface area contributed by atoms with Gasteiger partial charge in [0, 0.05) is 13.7 Å². The summed E-state index contributed by atoms with van der Waals surface area (Å²) < 4.78 is 6.73. The lowest BCUT2D eigenvalue weighted by Crippen LogP contribution is -2.30. The van der Waals surface area contributed by atoms with Gasteiger partial charge in [-0.15, -0.1) is 11.6 Å². The highest BCUT2D eigenvalue weighted by molar-refractivity contribution is 6.16. The number of hydrogen-bond donors (Lipinski definition) is 1. The molecule has 0 saturated carbocycles. The van der Waals surface area contributed by atoms with E-state index >= 15 is 0 Å². The van der Waals surface area contributed by atoms with Gasteiger partial charge in [0.1, 0.15) is 12.4 Å². The number of alkyl halides is 1. The Labute approximate surface area is 116 Å². The second-order valence-corrected chi connectivity index (χ2v) is 4.35. The second kappa shape index (κ2) is 6.54. The Morgan fingerprint density at radius 1 is 1.47 bits per heavy atom. The zero-order chi connectivity index (χ0) is 13.7. The number of halogens is 1. The summed E-state index contributed by atoms with van der Waals surface area (Å²) in [5, 5.41) is 2.78. The summed E-state index contributed by atoms with van der Waals surface area (Å²) in [6, 6.07) is 7.67. The fourth-order valence-corrected chi connectivity index (χ4v) is 2.10. The van der Waals surface area contributed by atoms with Gasteiger partial charge in [-0.1, -0.05) is 12.1 Å². The lowest BCUT2D eigenvalue weighted by atomic mass is 10.3. The lowest BCUT2D eigenvalue weighted by Gasteiger charge is -2.08. The van der Waals surface area contributed by atoms with E-state index in [1.165, 1.54) is 0 Å². The minimum Gasteiger partial charge on any atom is -0.383 e. The average Bonchev–Trinajstić information content (AvgIpc) is 2.77. The molecule has 1 heterocycles. The summed E-state index contributed by atoms with van der Waals surface area (Å²) >= 11 is 5.88. The number of para-hydroxylation sites is 2. The highest BCUT2D eigenvalue weighted by Gasteiger charge is 2.12. The van der Waals surface area contributed by atoms with Crippen LogP contribution in [-0.4, -0.2) is 35.7 Å². The van der Waals surface area contributed by atoms with Crippen LogP contribution in [-0.2, 0) is 22.0 Å². The van der Waals surface area contributed by atoms with E-state index in [1.54, 1.807) is 7.11 Å². The fourth-order valence-electron chi connectivity index (χ4n) is 1.90. The summed E-state index contributed by atoms with van der Waals surface area (Å²) in [5.41, 5.74) is 1.77. The zero-order valence-corrected chi connectivity index (χ0v) is 11.5.